The van der Waals surface area contributed by atoms with Crippen molar-refractivity contribution in [1.29, 1.82) is 0 Å². The van der Waals surface area contributed by atoms with Crippen molar-refractivity contribution in [2.24, 2.45) is 11.3 Å². The lowest BCUT2D eigenvalue weighted by atomic mass is 9.64. The molecule has 2 nitrogen and oxygen atoms in total. The van der Waals surface area contributed by atoms with Crippen molar-refractivity contribution in [3.8, 4) is 0 Å². The molecule has 0 saturated carbocycles. The van der Waals surface area contributed by atoms with E-state index in [4.69, 9.17) is 0 Å². The summed E-state index contributed by atoms with van der Waals surface area (Å²) in [5.41, 5.74) is 2.43. The highest BCUT2D eigenvalue weighted by molar-refractivity contribution is 5.29. The molecule has 0 amide bonds. The van der Waals surface area contributed by atoms with Gasteiger partial charge >= 0.3 is 0 Å². The molecule has 17 heavy (non-hydrogen) atoms. The second-order valence-corrected chi connectivity index (χ2v) is 5.93. The van der Waals surface area contributed by atoms with Crippen molar-refractivity contribution in [3.63, 3.8) is 0 Å². The van der Waals surface area contributed by atoms with Gasteiger partial charge in [-0.15, -0.1) is 0 Å². The molecule has 0 aromatic carbocycles. The summed E-state index contributed by atoms with van der Waals surface area (Å²) in [6, 6.07) is 0. The monoisotopic (exact) mass is 236 g/mol. The van der Waals surface area contributed by atoms with Crippen LogP contribution < -0.4 is 0 Å². The first-order valence-electron chi connectivity index (χ1n) is 6.70. The maximum absolute atomic E-state index is 10.0. The van der Waals surface area contributed by atoms with E-state index in [1.165, 1.54) is 12.0 Å². The Hall–Kier alpha value is -0.600. The number of hydrogen-bond donors (Lipinski definition) is 2. The summed E-state index contributed by atoms with van der Waals surface area (Å²) >= 11 is 0. The van der Waals surface area contributed by atoms with Gasteiger partial charge in [0.1, 0.15) is 6.10 Å². The van der Waals surface area contributed by atoms with Crippen LogP contribution in [-0.2, 0) is 0 Å². The first kappa shape index (κ1) is 12.8. The van der Waals surface area contributed by atoms with Crippen molar-refractivity contribution >= 4 is 0 Å². The minimum Gasteiger partial charge on any atom is -0.390 e. The maximum atomic E-state index is 10.0. The quantitative estimate of drug-likeness (QED) is 0.635. The number of allylic oxidation sites excluding steroid dienone is 3. The normalized spacial score (nSPS) is 46.1. The van der Waals surface area contributed by atoms with Gasteiger partial charge in [0.25, 0.3) is 0 Å². The van der Waals surface area contributed by atoms with Crippen LogP contribution in [0.4, 0.5) is 0 Å². The van der Waals surface area contributed by atoms with E-state index in [2.05, 4.69) is 26.0 Å². The molecular formula is C15H24O2. The molecule has 2 aliphatic carbocycles. The molecule has 4 atom stereocenters. The fraction of sp³-hybridized carbons (Fsp3) is 0.733. The van der Waals surface area contributed by atoms with Crippen molar-refractivity contribution in [1.82, 2.24) is 0 Å². The lowest BCUT2D eigenvalue weighted by Gasteiger charge is -2.42. The molecule has 0 aliphatic heterocycles. The molecule has 0 aromatic heterocycles. The Morgan fingerprint density at radius 1 is 1.29 bits per heavy atom. The van der Waals surface area contributed by atoms with Crippen molar-refractivity contribution in [2.75, 3.05) is 0 Å². The number of hydrogen-bond acceptors (Lipinski definition) is 2. The fourth-order valence-corrected chi connectivity index (χ4v) is 3.27. The van der Waals surface area contributed by atoms with E-state index < -0.39 is 12.2 Å². The standard InChI is InChI=1S/C15H24O2/c1-10-9-15(3)11(2)5-4-6-12(15)7-8-13(16)14(10)17/h6,9,11,13-14,16-17H,4-5,7-8H2,1-3H3/b10-9-/t11-,13-,14-,15+/m0/s1. The Bertz CT molecular complexity index is 356. The Morgan fingerprint density at radius 2 is 2.00 bits per heavy atom. The third kappa shape index (κ3) is 2.21. The van der Waals surface area contributed by atoms with E-state index in [0.717, 1.165) is 18.4 Å². The third-order valence-electron chi connectivity index (χ3n) is 4.77. The van der Waals surface area contributed by atoms with Crippen molar-refractivity contribution in [2.45, 2.75) is 58.7 Å². The van der Waals surface area contributed by atoms with Crippen LogP contribution in [0.5, 0.6) is 0 Å². The minimum absolute atomic E-state index is 0.0729. The van der Waals surface area contributed by atoms with Gasteiger partial charge in [-0.05, 0) is 44.1 Å². The van der Waals surface area contributed by atoms with Gasteiger partial charge in [0, 0.05) is 5.41 Å². The smallest absolute Gasteiger partial charge is 0.101 e. The topological polar surface area (TPSA) is 40.5 Å². The summed E-state index contributed by atoms with van der Waals surface area (Å²) in [6.45, 7) is 6.50. The number of aliphatic hydroxyl groups is 2. The molecule has 0 bridgehead atoms. The second kappa shape index (κ2) is 4.58. The molecule has 0 fully saturated rings. The summed E-state index contributed by atoms with van der Waals surface area (Å²) < 4.78 is 0. The predicted molar refractivity (Wildman–Crippen MR) is 69.6 cm³/mol. The third-order valence-corrected chi connectivity index (χ3v) is 4.77. The van der Waals surface area contributed by atoms with E-state index in [9.17, 15) is 10.2 Å². The summed E-state index contributed by atoms with van der Waals surface area (Å²) in [6.07, 6.45) is 7.16. The molecule has 0 unspecified atom stereocenters. The molecule has 2 aliphatic rings. The molecule has 2 N–H and O–H groups in total. The lowest BCUT2D eigenvalue weighted by Crippen LogP contribution is -2.35. The maximum Gasteiger partial charge on any atom is 0.101 e. The largest absolute Gasteiger partial charge is 0.390 e. The molecule has 0 heterocycles. The highest BCUT2D eigenvalue weighted by atomic mass is 16.3. The molecule has 0 saturated heterocycles. The molecule has 0 spiro atoms. The van der Waals surface area contributed by atoms with Gasteiger partial charge in [-0.2, -0.15) is 0 Å². The average Bonchev–Trinajstić information content (AvgIpc) is 2.28. The lowest BCUT2D eigenvalue weighted by molar-refractivity contribution is 0.0322. The number of rotatable bonds is 0. The zero-order valence-electron chi connectivity index (χ0n) is 11.1. The van der Waals surface area contributed by atoms with Crippen LogP contribution in [0.3, 0.4) is 0 Å². The number of fused-ring (bicyclic) bond motifs is 1. The fourth-order valence-electron chi connectivity index (χ4n) is 3.27. The molecule has 96 valence electrons. The highest BCUT2D eigenvalue weighted by Crippen LogP contribution is 2.47. The van der Waals surface area contributed by atoms with E-state index in [1.54, 1.807) is 0 Å². The van der Waals surface area contributed by atoms with Crippen LogP contribution in [0.1, 0.15) is 46.5 Å². The molecule has 0 aromatic rings. The van der Waals surface area contributed by atoms with Gasteiger partial charge < -0.3 is 10.2 Å². The van der Waals surface area contributed by atoms with Crippen molar-refractivity contribution < 1.29 is 10.2 Å². The zero-order valence-corrected chi connectivity index (χ0v) is 11.1. The Morgan fingerprint density at radius 3 is 2.71 bits per heavy atom. The Balaban J connectivity index is 2.42. The van der Waals surface area contributed by atoms with Gasteiger partial charge in [0.05, 0.1) is 6.10 Å². The molecule has 2 rings (SSSR count). The van der Waals surface area contributed by atoms with E-state index >= 15 is 0 Å². The first-order valence-corrected chi connectivity index (χ1v) is 6.70. The number of aliphatic hydroxyl groups excluding tert-OH is 2. The molecular weight excluding hydrogens is 212 g/mol. The van der Waals surface area contributed by atoms with Crippen LogP contribution in [0.25, 0.3) is 0 Å². The van der Waals surface area contributed by atoms with Crippen LogP contribution >= 0.6 is 0 Å². The van der Waals surface area contributed by atoms with Gasteiger partial charge in [-0.1, -0.05) is 31.6 Å². The minimum atomic E-state index is -0.692. The summed E-state index contributed by atoms with van der Waals surface area (Å²) in [4.78, 5) is 0. The summed E-state index contributed by atoms with van der Waals surface area (Å²) in [5, 5.41) is 19.9. The second-order valence-electron chi connectivity index (χ2n) is 5.93. The zero-order chi connectivity index (χ0) is 12.6. The summed E-state index contributed by atoms with van der Waals surface area (Å²) in [5.74, 6) is 0.611. The van der Waals surface area contributed by atoms with Crippen LogP contribution in [-0.4, -0.2) is 22.4 Å². The van der Waals surface area contributed by atoms with E-state index in [1.807, 2.05) is 6.92 Å². The first-order chi connectivity index (χ1) is 7.95. The van der Waals surface area contributed by atoms with Crippen LogP contribution in [0.15, 0.2) is 23.3 Å². The average molecular weight is 236 g/mol. The van der Waals surface area contributed by atoms with E-state index in [0.29, 0.717) is 12.3 Å². The summed E-state index contributed by atoms with van der Waals surface area (Å²) in [7, 11) is 0. The Kier molecular flexibility index (Phi) is 3.46. The van der Waals surface area contributed by atoms with Gasteiger partial charge in [0.15, 0.2) is 0 Å². The molecule has 0 radical (unpaired) electrons. The van der Waals surface area contributed by atoms with Gasteiger partial charge in [-0.25, -0.2) is 0 Å². The Labute approximate surface area is 104 Å². The van der Waals surface area contributed by atoms with Crippen LogP contribution in [0.2, 0.25) is 0 Å². The SMILES string of the molecule is C/C1=C/[C@@]2(C)C(=CCC[C@@H]2C)CC[C@H](O)[C@H]1O. The van der Waals surface area contributed by atoms with Gasteiger partial charge in [0.2, 0.25) is 0 Å². The van der Waals surface area contributed by atoms with Gasteiger partial charge in [-0.3, -0.25) is 0 Å². The molecule has 2 heteroatoms. The van der Waals surface area contributed by atoms with E-state index in [-0.39, 0.29) is 5.41 Å². The van der Waals surface area contributed by atoms with Crippen molar-refractivity contribution in [3.05, 3.63) is 23.3 Å². The van der Waals surface area contributed by atoms with Crippen LogP contribution in [0, 0.1) is 11.3 Å². The highest BCUT2D eigenvalue weighted by Gasteiger charge is 2.37. The predicted octanol–water partition coefficient (Wildman–Crippen LogP) is 2.81.